The third-order valence-corrected chi connectivity index (χ3v) is 3.85. The minimum atomic E-state index is -0.701. The van der Waals surface area contributed by atoms with Crippen molar-refractivity contribution in [2.45, 2.75) is 6.92 Å². The average Bonchev–Trinajstić information content (AvgIpc) is 2.72. The zero-order valence-electron chi connectivity index (χ0n) is 16.0. The number of anilines is 1. The van der Waals surface area contributed by atoms with Gasteiger partial charge in [0, 0.05) is 11.8 Å². The van der Waals surface area contributed by atoms with E-state index in [0.717, 1.165) is 5.56 Å². The van der Waals surface area contributed by atoms with Crippen LogP contribution in [0.4, 0.5) is 5.69 Å². The van der Waals surface area contributed by atoms with E-state index in [-0.39, 0.29) is 5.56 Å². The Morgan fingerprint density at radius 3 is 2.07 bits per heavy atom. The van der Waals surface area contributed by atoms with Gasteiger partial charge in [-0.2, -0.15) is 0 Å². The molecule has 2 rings (SSSR count). The maximum Gasteiger partial charge on any atom is 0.338 e. The number of aryl methyl sites for hydroxylation is 1. The molecule has 1 amide bonds. The van der Waals surface area contributed by atoms with Crippen LogP contribution in [-0.4, -0.2) is 45.8 Å². The van der Waals surface area contributed by atoms with E-state index in [9.17, 15) is 14.4 Å². The summed E-state index contributed by atoms with van der Waals surface area (Å²) in [4.78, 5) is 36.0. The molecule has 0 bridgehead atoms. The van der Waals surface area contributed by atoms with E-state index in [1.165, 1.54) is 39.5 Å². The molecule has 0 aliphatic carbocycles. The smallest absolute Gasteiger partial charge is 0.338 e. The van der Waals surface area contributed by atoms with Crippen molar-refractivity contribution < 1.29 is 33.3 Å². The van der Waals surface area contributed by atoms with Crippen LogP contribution in [0.2, 0.25) is 0 Å². The molecule has 0 fully saturated rings. The minimum absolute atomic E-state index is 0.188. The summed E-state index contributed by atoms with van der Waals surface area (Å²) in [6.45, 7) is 1.27. The lowest BCUT2D eigenvalue weighted by Gasteiger charge is -2.11. The molecule has 0 atom stereocenters. The van der Waals surface area contributed by atoms with Gasteiger partial charge >= 0.3 is 11.9 Å². The lowest BCUT2D eigenvalue weighted by atomic mass is 10.1. The molecule has 1 N–H and O–H groups in total. The van der Waals surface area contributed by atoms with Gasteiger partial charge in [0.25, 0.3) is 5.91 Å². The molecule has 0 radical (unpaired) electrons. The van der Waals surface area contributed by atoms with Crippen molar-refractivity contribution in [3.63, 3.8) is 0 Å². The second kappa shape index (κ2) is 9.40. The van der Waals surface area contributed by atoms with Gasteiger partial charge in [-0.05, 0) is 36.8 Å². The Labute approximate surface area is 162 Å². The number of hydrogen-bond acceptors (Lipinski definition) is 7. The molecule has 0 aromatic heterocycles. The first kappa shape index (κ1) is 20.8. The first-order valence-electron chi connectivity index (χ1n) is 8.27. The fourth-order valence-electron chi connectivity index (χ4n) is 2.33. The highest BCUT2D eigenvalue weighted by Crippen LogP contribution is 2.23. The normalized spacial score (nSPS) is 10.0. The van der Waals surface area contributed by atoms with Crippen molar-refractivity contribution in [2.75, 3.05) is 33.3 Å². The predicted molar refractivity (Wildman–Crippen MR) is 101 cm³/mol. The number of hydrogen-bond donors (Lipinski definition) is 1. The van der Waals surface area contributed by atoms with Gasteiger partial charge in [-0.1, -0.05) is 6.07 Å². The van der Waals surface area contributed by atoms with Gasteiger partial charge in [0.2, 0.25) is 0 Å². The molecule has 2 aromatic rings. The fourth-order valence-corrected chi connectivity index (χ4v) is 2.33. The Bertz CT molecular complexity index is 870. The molecule has 0 unspecified atom stereocenters. The number of methoxy groups -OCH3 is 3. The molecular formula is C20H21NO7. The summed E-state index contributed by atoms with van der Waals surface area (Å²) in [5.41, 5.74) is 1.65. The molecule has 0 heterocycles. The Kier molecular flexibility index (Phi) is 6.97. The third-order valence-electron chi connectivity index (χ3n) is 3.85. The molecule has 8 heteroatoms. The molecule has 0 aliphatic heterocycles. The van der Waals surface area contributed by atoms with Crippen molar-refractivity contribution >= 4 is 23.5 Å². The van der Waals surface area contributed by atoms with Crippen LogP contribution in [0.5, 0.6) is 11.5 Å². The van der Waals surface area contributed by atoms with E-state index in [4.69, 9.17) is 14.2 Å². The summed E-state index contributed by atoms with van der Waals surface area (Å²) in [6, 6.07) is 9.33. The van der Waals surface area contributed by atoms with Crippen molar-refractivity contribution in [1.29, 1.82) is 0 Å². The Morgan fingerprint density at radius 2 is 1.50 bits per heavy atom. The van der Waals surface area contributed by atoms with E-state index in [1.807, 2.05) is 0 Å². The number of amides is 1. The van der Waals surface area contributed by atoms with Crippen LogP contribution in [0.15, 0.2) is 36.4 Å². The molecule has 0 aliphatic rings. The SMILES string of the molecule is COC(=O)c1ccc(C)c(NC(=O)COC(=O)c2cc(OC)cc(OC)c2)c1. The lowest BCUT2D eigenvalue weighted by Crippen LogP contribution is -2.21. The highest BCUT2D eigenvalue weighted by Gasteiger charge is 2.15. The summed E-state index contributed by atoms with van der Waals surface area (Å²) in [5.74, 6) is -0.924. The quantitative estimate of drug-likeness (QED) is 0.729. The maximum atomic E-state index is 12.2. The number of nitrogens with one attached hydrogen (secondary N) is 1. The number of benzene rings is 2. The van der Waals surface area contributed by atoms with E-state index < -0.39 is 24.5 Å². The molecular weight excluding hydrogens is 366 g/mol. The summed E-state index contributed by atoms with van der Waals surface area (Å²) < 4.78 is 19.9. The van der Waals surface area contributed by atoms with Gasteiger partial charge < -0.3 is 24.3 Å². The second-order valence-corrected chi connectivity index (χ2v) is 5.75. The summed E-state index contributed by atoms with van der Waals surface area (Å²) >= 11 is 0. The number of esters is 2. The van der Waals surface area contributed by atoms with E-state index in [0.29, 0.717) is 22.7 Å². The van der Waals surface area contributed by atoms with Crippen LogP contribution < -0.4 is 14.8 Å². The van der Waals surface area contributed by atoms with Crippen LogP contribution in [0.1, 0.15) is 26.3 Å². The van der Waals surface area contributed by atoms with Crippen LogP contribution >= 0.6 is 0 Å². The van der Waals surface area contributed by atoms with Crippen molar-refractivity contribution in [2.24, 2.45) is 0 Å². The Morgan fingerprint density at radius 1 is 0.857 bits per heavy atom. The molecule has 0 saturated carbocycles. The van der Waals surface area contributed by atoms with Crippen molar-refractivity contribution in [3.05, 3.63) is 53.1 Å². The molecule has 0 saturated heterocycles. The summed E-state index contributed by atoms with van der Waals surface area (Å²) in [5, 5.41) is 2.61. The first-order chi connectivity index (χ1) is 13.4. The van der Waals surface area contributed by atoms with Crippen LogP contribution in [-0.2, 0) is 14.3 Å². The van der Waals surface area contributed by atoms with Crippen LogP contribution in [0.25, 0.3) is 0 Å². The lowest BCUT2D eigenvalue weighted by molar-refractivity contribution is -0.119. The van der Waals surface area contributed by atoms with E-state index >= 15 is 0 Å². The number of carbonyl (C=O) groups is 3. The second-order valence-electron chi connectivity index (χ2n) is 5.75. The molecule has 2 aromatic carbocycles. The minimum Gasteiger partial charge on any atom is -0.497 e. The summed E-state index contributed by atoms with van der Waals surface area (Å²) in [7, 11) is 4.19. The van der Waals surface area contributed by atoms with Gasteiger partial charge in [-0.15, -0.1) is 0 Å². The van der Waals surface area contributed by atoms with Crippen molar-refractivity contribution in [1.82, 2.24) is 0 Å². The Hall–Kier alpha value is -3.55. The van der Waals surface area contributed by atoms with Gasteiger partial charge in [0.1, 0.15) is 11.5 Å². The van der Waals surface area contributed by atoms with Crippen LogP contribution in [0, 0.1) is 6.92 Å². The first-order valence-corrected chi connectivity index (χ1v) is 8.27. The zero-order valence-corrected chi connectivity index (χ0v) is 16.0. The van der Waals surface area contributed by atoms with E-state index in [2.05, 4.69) is 10.1 Å². The largest absolute Gasteiger partial charge is 0.497 e. The molecule has 28 heavy (non-hydrogen) atoms. The zero-order chi connectivity index (χ0) is 20.7. The molecule has 0 spiro atoms. The molecule has 148 valence electrons. The molecule has 8 nitrogen and oxygen atoms in total. The standard InChI is InChI=1S/C20H21NO7/c1-12-5-6-13(19(23)27-4)9-17(12)21-18(22)11-28-20(24)14-7-15(25-2)10-16(8-14)26-3/h5-10H,11H2,1-4H3,(H,21,22). The maximum absolute atomic E-state index is 12.2. The summed E-state index contributed by atoms with van der Waals surface area (Å²) in [6.07, 6.45) is 0. The van der Waals surface area contributed by atoms with Crippen molar-refractivity contribution in [3.8, 4) is 11.5 Å². The monoisotopic (exact) mass is 387 g/mol. The highest BCUT2D eigenvalue weighted by molar-refractivity contribution is 5.97. The fraction of sp³-hybridized carbons (Fsp3) is 0.250. The number of rotatable bonds is 7. The highest BCUT2D eigenvalue weighted by atomic mass is 16.5. The van der Waals surface area contributed by atoms with Crippen LogP contribution in [0.3, 0.4) is 0 Å². The predicted octanol–water partition coefficient (Wildman–Crippen LogP) is 2.59. The average molecular weight is 387 g/mol. The van der Waals surface area contributed by atoms with Gasteiger partial charge in [0.15, 0.2) is 6.61 Å². The number of carbonyl (C=O) groups excluding carboxylic acids is 3. The van der Waals surface area contributed by atoms with E-state index in [1.54, 1.807) is 25.1 Å². The Balaban J connectivity index is 2.03. The topological polar surface area (TPSA) is 100 Å². The van der Waals surface area contributed by atoms with Gasteiger partial charge in [0.05, 0.1) is 32.5 Å². The number of ether oxygens (including phenoxy) is 4. The van der Waals surface area contributed by atoms with Gasteiger partial charge in [-0.3, -0.25) is 4.79 Å². The van der Waals surface area contributed by atoms with Gasteiger partial charge in [-0.25, -0.2) is 9.59 Å². The third kappa shape index (κ3) is 5.23.